The number of allylic oxidation sites excluding steroid dienone is 1. The van der Waals surface area contributed by atoms with E-state index in [1.807, 2.05) is 6.08 Å². The number of nitrogens with zero attached hydrogens (tertiary/aromatic N) is 1. The zero-order valence-electron chi connectivity index (χ0n) is 12.5. The van der Waals surface area contributed by atoms with Crippen LogP contribution in [0.4, 0.5) is 0 Å². The summed E-state index contributed by atoms with van der Waals surface area (Å²) >= 11 is 0. The maximum absolute atomic E-state index is 12.8. The fourth-order valence-electron chi connectivity index (χ4n) is 5.83. The molecule has 0 N–H and O–H groups in total. The third kappa shape index (κ3) is 2.21. The van der Waals surface area contributed by atoms with Gasteiger partial charge in [-0.15, -0.1) is 0 Å². The molecule has 4 bridgehead atoms. The van der Waals surface area contributed by atoms with Crippen molar-refractivity contribution in [3.63, 3.8) is 0 Å². The van der Waals surface area contributed by atoms with Crippen LogP contribution >= 0.6 is 0 Å². The second-order valence-electron chi connectivity index (χ2n) is 7.97. The molecule has 5 rings (SSSR count). The Labute approximate surface area is 122 Å². The van der Waals surface area contributed by atoms with E-state index in [0.29, 0.717) is 5.78 Å². The van der Waals surface area contributed by atoms with Crippen LogP contribution in [0.1, 0.15) is 57.8 Å². The molecule has 0 amide bonds. The van der Waals surface area contributed by atoms with Gasteiger partial charge in [0.05, 0.1) is 0 Å². The van der Waals surface area contributed by atoms with E-state index in [2.05, 4.69) is 11.1 Å². The second-order valence-corrected chi connectivity index (χ2v) is 7.97. The third-order valence-electron chi connectivity index (χ3n) is 6.39. The minimum Gasteiger partial charge on any atom is -0.377 e. The van der Waals surface area contributed by atoms with Gasteiger partial charge in [-0.1, -0.05) is 0 Å². The minimum absolute atomic E-state index is 0.0566. The van der Waals surface area contributed by atoms with Gasteiger partial charge in [-0.3, -0.25) is 4.79 Å². The van der Waals surface area contributed by atoms with Gasteiger partial charge in [0, 0.05) is 24.7 Å². The Morgan fingerprint density at radius 1 is 0.900 bits per heavy atom. The lowest BCUT2D eigenvalue weighted by Gasteiger charge is -2.55. The molecule has 1 saturated heterocycles. The summed E-state index contributed by atoms with van der Waals surface area (Å²) in [6.07, 6.45) is 15.8. The van der Waals surface area contributed by atoms with Gasteiger partial charge in [0.2, 0.25) is 0 Å². The third-order valence-corrected chi connectivity index (χ3v) is 6.39. The Hall–Kier alpha value is -0.790. The lowest BCUT2D eigenvalue weighted by molar-refractivity contribution is -0.138. The number of likely N-dealkylation sites (tertiary alicyclic amines) is 1. The molecule has 4 saturated carbocycles. The molecule has 20 heavy (non-hydrogen) atoms. The number of carbonyl (C=O) groups excluding carboxylic acids is 1. The first kappa shape index (κ1) is 12.9. The first-order valence-corrected chi connectivity index (χ1v) is 8.70. The predicted octanol–water partition coefficient (Wildman–Crippen LogP) is 3.77. The maximum atomic E-state index is 12.8. The molecule has 5 aliphatic rings. The van der Waals surface area contributed by atoms with Gasteiger partial charge in [-0.2, -0.15) is 0 Å². The molecule has 1 heterocycles. The summed E-state index contributed by atoms with van der Waals surface area (Å²) in [4.78, 5) is 15.2. The summed E-state index contributed by atoms with van der Waals surface area (Å²) in [5.74, 6) is 3.07. The normalized spacial score (nSPS) is 43.4. The fourth-order valence-corrected chi connectivity index (χ4v) is 5.83. The summed E-state index contributed by atoms with van der Waals surface area (Å²) < 4.78 is 0. The molecule has 110 valence electrons. The minimum atomic E-state index is 0.0566. The Balaban J connectivity index is 1.46. The second kappa shape index (κ2) is 4.89. The van der Waals surface area contributed by atoms with E-state index >= 15 is 0 Å². The summed E-state index contributed by atoms with van der Waals surface area (Å²) in [5.41, 5.74) is 0.0566. The summed E-state index contributed by atoms with van der Waals surface area (Å²) in [7, 11) is 0. The number of piperidine rings is 1. The highest BCUT2D eigenvalue weighted by molar-refractivity contribution is 5.95. The summed E-state index contributed by atoms with van der Waals surface area (Å²) in [6.45, 7) is 2.29. The van der Waals surface area contributed by atoms with Crippen molar-refractivity contribution in [3.05, 3.63) is 12.3 Å². The number of hydrogen-bond acceptors (Lipinski definition) is 2. The molecule has 1 aliphatic heterocycles. The molecular weight excluding hydrogens is 246 g/mol. The molecule has 4 aliphatic carbocycles. The molecular formula is C18H27NO. The molecule has 0 aromatic rings. The summed E-state index contributed by atoms with van der Waals surface area (Å²) in [6, 6.07) is 0. The van der Waals surface area contributed by atoms with Crippen molar-refractivity contribution in [3.8, 4) is 0 Å². The Bertz CT molecular complexity index is 384. The largest absolute Gasteiger partial charge is 0.377 e. The highest BCUT2D eigenvalue weighted by Gasteiger charge is 2.53. The predicted molar refractivity (Wildman–Crippen MR) is 80.2 cm³/mol. The molecule has 0 aromatic heterocycles. The van der Waals surface area contributed by atoms with Crippen LogP contribution in [0, 0.1) is 23.2 Å². The van der Waals surface area contributed by atoms with Crippen LogP contribution in [-0.4, -0.2) is 23.8 Å². The number of ketones is 1. The molecule has 0 aromatic carbocycles. The highest BCUT2D eigenvalue weighted by Crippen LogP contribution is 2.60. The van der Waals surface area contributed by atoms with Crippen molar-refractivity contribution in [2.24, 2.45) is 23.2 Å². The van der Waals surface area contributed by atoms with Crippen molar-refractivity contribution in [1.82, 2.24) is 4.90 Å². The number of hydrogen-bond donors (Lipinski definition) is 0. The molecule has 2 nitrogen and oxygen atoms in total. The fraction of sp³-hybridized carbons (Fsp3) is 0.833. The zero-order chi connectivity index (χ0) is 13.6. The van der Waals surface area contributed by atoms with Gasteiger partial charge in [0.15, 0.2) is 5.78 Å². The topological polar surface area (TPSA) is 20.3 Å². The smallest absolute Gasteiger partial charge is 0.163 e. The first-order valence-electron chi connectivity index (χ1n) is 8.70. The SMILES string of the molecule is O=C(C=CN1CCCCC1)C12CC3CC(CC(C3)C1)C2. The standard InChI is InChI=1S/C18H27NO/c20-17(4-7-19-5-2-1-3-6-19)18-11-14-8-15(12-18)10-16(9-14)13-18/h4,7,14-16H,1-3,5-6,8-13H2. The van der Waals surface area contributed by atoms with Crippen LogP contribution in [-0.2, 0) is 4.79 Å². The maximum Gasteiger partial charge on any atom is 0.163 e. The lowest BCUT2D eigenvalue weighted by atomic mass is 9.48. The zero-order valence-corrected chi connectivity index (χ0v) is 12.5. The molecule has 0 atom stereocenters. The first-order chi connectivity index (χ1) is 9.73. The van der Waals surface area contributed by atoms with Crippen molar-refractivity contribution in [2.45, 2.75) is 57.8 Å². The van der Waals surface area contributed by atoms with Crippen LogP contribution in [0.2, 0.25) is 0 Å². The van der Waals surface area contributed by atoms with E-state index in [-0.39, 0.29) is 5.41 Å². The number of rotatable bonds is 3. The van der Waals surface area contributed by atoms with Gasteiger partial charge in [-0.25, -0.2) is 0 Å². The number of carbonyl (C=O) groups is 1. The van der Waals surface area contributed by atoms with E-state index in [1.165, 1.54) is 57.8 Å². The van der Waals surface area contributed by atoms with Crippen molar-refractivity contribution < 1.29 is 4.79 Å². The van der Waals surface area contributed by atoms with Crippen LogP contribution in [0.3, 0.4) is 0 Å². The van der Waals surface area contributed by atoms with E-state index in [1.54, 1.807) is 0 Å². The van der Waals surface area contributed by atoms with Gasteiger partial charge in [0.25, 0.3) is 0 Å². The van der Waals surface area contributed by atoms with E-state index in [9.17, 15) is 4.79 Å². The van der Waals surface area contributed by atoms with Crippen LogP contribution in [0.25, 0.3) is 0 Å². The van der Waals surface area contributed by atoms with Crippen molar-refractivity contribution in [2.75, 3.05) is 13.1 Å². The van der Waals surface area contributed by atoms with Gasteiger partial charge >= 0.3 is 0 Å². The Kier molecular flexibility index (Phi) is 3.16. The lowest BCUT2D eigenvalue weighted by Crippen LogP contribution is -2.49. The monoisotopic (exact) mass is 273 g/mol. The van der Waals surface area contributed by atoms with Gasteiger partial charge < -0.3 is 4.90 Å². The molecule has 0 spiro atoms. The highest BCUT2D eigenvalue weighted by atomic mass is 16.1. The molecule has 5 fully saturated rings. The average Bonchev–Trinajstić information content (AvgIpc) is 2.44. The van der Waals surface area contributed by atoms with E-state index in [4.69, 9.17) is 0 Å². The van der Waals surface area contributed by atoms with Gasteiger partial charge in [0.1, 0.15) is 0 Å². The van der Waals surface area contributed by atoms with Crippen LogP contribution < -0.4 is 0 Å². The Morgan fingerprint density at radius 3 is 2.00 bits per heavy atom. The van der Waals surface area contributed by atoms with Crippen molar-refractivity contribution >= 4 is 5.78 Å². The summed E-state index contributed by atoms with van der Waals surface area (Å²) in [5, 5.41) is 0. The molecule has 0 radical (unpaired) electrons. The van der Waals surface area contributed by atoms with Gasteiger partial charge in [-0.05, 0) is 81.6 Å². The van der Waals surface area contributed by atoms with Crippen LogP contribution in [0.5, 0.6) is 0 Å². The van der Waals surface area contributed by atoms with Crippen molar-refractivity contribution in [1.29, 1.82) is 0 Å². The average molecular weight is 273 g/mol. The molecule has 0 unspecified atom stereocenters. The Morgan fingerprint density at radius 2 is 1.45 bits per heavy atom. The molecule has 2 heteroatoms. The van der Waals surface area contributed by atoms with E-state index in [0.717, 1.165) is 30.8 Å². The van der Waals surface area contributed by atoms with E-state index < -0.39 is 0 Å². The van der Waals surface area contributed by atoms with Crippen LogP contribution in [0.15, 0.2) is 12.3 Å². The quantitative estimate of drug-likeness (QED) is 0.730.